The molecule has 2 amide bonds. The summed E-state index contributed by atoms with van der Waals surface area (Å²) in [4.78, 5) is 33.1. The number of amides is 2. The van der Waals surface area contributed by atoms with Gasteiger partial charge in [0.25, 0.3) is 5.91 Å². The Bertz CT molecular complexity index is 1140. The SMILES string of the molecule is CCNC(=O)Cc1ccc(Cc2cc(-c3c(F)cccc3Cl)nc3c2C(=O)NC3)nc1. The number of aromatic nitrogens is 2. The number of benzene rings is 1. The van der Waals surface area contributed by atoms with E-state index in [1.165, 1.54) is 12.1 Å². The zero-order valence-electron chi connectivity index (χ0n) is 16.8. The third kappa shape index (κ3) is 4.41. The van der Waals surface area contributed by atoms with E-state index in [0.717, 1.165) is 11.3 Å². The summed E-state index contributed by atoms with van der Waals surface area (Å²) in [7, 11) is 0. The van der Waals surface area contributed by atoms with Crippen LogP contribution in [0.2, 0.25) is 5.02 Å². The Hall–Kier alpha value is -3.32. The predicted octanol–water partition coefficient (Wildman–Crippen LogP) is 3.45. The van der Waals surface area contributed by atoms with E-state index in [1.54, 1.807) is 18.3 Å². The van der Waals surface area contributed by atoms with Crippen LogP contribution >= 0.6 is 11.6 Å². The van der Waals surface area contributed by atoms with Gasteiger partial charge >= 0.3 is 0 Å². The van der Waals surface area contributed by atoms with Crippen LogP contribution in [0.3, 0.4) is 0 Å². The summed E-state index contributed by atoms with van der Waals surface area (Å²) >= 11 is 6.23. The first kappa shape index (κ1) is 20.9. The zero-order valence-corrected chi connectivity index (χ0v) is 17.6. The van der Waals surface area contributed by atoms with Crippen molar-refractivity contribution in [1.29, 1.82) is 0 Å². The van der Waals surface area contributed by atoms with Crippen LogP contribution in [0.25, 0.3) is 11.3 Å². The number of nitrogens with zero attached hydrogens (tertiary/aromatic N) is 2. The second-order valence-corrected chi connectivity index (χ2v) is 7.64. The number of nitrogens with one attached hydrogen (secondary N) is 2. The Morgan fingerprint density at radius 3 is 2.81 bits per heavy atom. The van der Waals surface area contributed by atoms with Crippen molar-refractivity contribution in [2.75, 3.05) is 6.54 Å². The maximum Gasteiger partial charge on any atom is 0.253 e. The molecular formula is C23H20ClFN4O2. The summed E-state index contributed by atoms with van der Waals surface area (Å²) in [5.74, 6) is -0.750. The molecule has 0 radical (unpaired) electrons. The van der Waals surface area contributed by atoms with Crippen LogP contribution in [0.4, 0.5) is 4.39 Å². The van der Waals surface area contributed by atoms with Crippen molar-refractivity contribution < 1.29 is 14.0 Å². The Morgan fingerprint density at radius 1 is 1.26 bits per heavy atom. The molecule has 4 rings (SSSR count). The fourth-order valence-electron chi connectivity index (χ4n) is 3.63. The van der Waals surface area contributed by atoms with Crippen LogP contribution in [0.5, 0.6) is 0 Å². The van der Waals surface area contributed by atoms with Gasteiger partial charge in [-0.2, -0.15) is 0 Å². The molecule has 3 aromatic rings. The second-order valence-electron chi connectivity index (χ2n) is 7.23. The number of hydrogen-bond acceptors (Lipinski definition) is 4. The van der Waals surface area contributed by atoms with Gasteiger partial charge in [0.1, 0.15) is 5.82 Å². The first-order chi connectivity index (χ1) is 15.0. The van der Waals surface area contributed by atoms with Crippen LogP contribution < -0.4 is 10.6 Å². The van der Waals surface area contributed by atoms with Crippen molar-refractivity contribution >= 4 is 23.4 Å². The largest absolute Gasteiger partial charge is 0.356 e. The molecule has 0 atom stereocenters. The fraction of sp³-hybridized carbons (Fsp3) is 0.217. The highest BCUT2D eigenvalue weighted by Crippen LogP contribution is 2.32. The maximum atomic E-state index is 14.5. The zero-order chi connectivity index (χ0) is 22.0. The van der Waals surface area contributed by atoms with E-state index in [2.05, 4.69) is 20.6 Å². The number of carbonyl (C=O) groups excluding carboxylic acids is 2. The van der Waals surface area contributed by atoms with E-state index in [9.17, 15) is 14.0 Å². The van der Waals surface area contributed by atoms with Crippen LogP contribution in [-0.4, -0.2) is 28.3 Å². The molecule has 158 valence electrons. The number of rotatable bonds is 6. The Labute approximate surface area is 183 Å². The smallest absolute Gasteiger partial charge is 0.253 e. The lowest BCUT2D eigenvalue weighted by atomic mass is 9.98. The van der Waals surface area contributed by atoms with E-state index >= 15 is 0 Å². The van der Waals surface area contributed by atoms with Crippen molar-refractivity contribution in [2.45, 2.75) is 26.3 Å². The Kier molecular flexibility index (Phi) is 5.95. The number of fused-ring (bicyclic) bond motifs is 1. The minimum Gasteiger partial charge on any atom is -0.356 e. The summed E-state index contributed by atoms with van der Waals surface area (Å²) in [5, 5.41) is 5.77. The molecule has 0 spiro atoms. The van der Waals surface area contributed by atoms with Gasteiger partial charge in [-0.05, 0) is 42.3 Å². The third-order valence-electron chi connectivity index (χ3n) is 5.03. The quantitative estimate of drug-likeness (QED) is 0.617. The summed E-state index contributed by atoms with van der Waals surface area (Å²) in [6.07, 6.45) is 2.27. The second kappa shape index (κ2) is 8.81. The van der Waals surface area contributed by atoms with E-state index in [1.807, 2.05) is 19.1 Å². The molecule has 0 bridgehead atoms. The summed E-state index contributed by atoms with van der Waals surface area (Å²) < 4.78 is 14.5. The van der Waals surface area contributed by atoms with Gasteiger partial charge in [0.2, 0.25) is 5.91 Å². The number of pyridine rings is 2. The molecule has 8 heteroatoms. The van der Waals surface area contributed by atoms with Crippen LogP contribution in [0, 0.1) is 5.82 Å². The van der Waals surface area contributed by atoms with Gasteiger partial charge in [0.15, 0.2) is 0 Å². The van der Waals surface area contributed by atoms with Gasteiger partial charge in [-0.15, -0.1) is 0 Å². The standard InChI is InChI=1S/C23H20ClFN4O2/c1-2-26-20(30)8-13-6-7-15(27-11-13)9-14-10-18(22-16(24)4-3-5-17(22)25)29-19-12-28-23(31)21(14)19/h3-7,10-11H,2,8-9,12H2,1H3,(H,26,30)(H,28,31). The van der Waals surface area contributed by atoms with Gasteiger partial charge in [0, 0.05) is 24.9 Å². The topological polar surface area (TPSA) is 84.0 Å². The summed E-state index contributed by atoms with van der Waals surface area (Å²) in [6, 6.07) is 9.82. The van der Waals surface area contributed by atoms with E-state index in [4.69, 9.17) is 11.6 Å². The molecule has 3 heterocycles. The van der Waals surface area contributed by atoms with Crippen molar-refractivity contribution in [1.82, 2.24) is 20.6 Å². The fourth-order valence-corrected chi connectivity index (χ4v) is 3.89. The first-order valence-electron chi connectivity index (χ1n) is 9.92. The molecule has 2 aromatic heterocycles. The Balaban J connectivity index is 1.67. The van der Waals surface area contributed by atoms with Crippen LogP contribution in [-0.2, 0) is 24.2 Å². The van der Waals surface area contributed by atoms with Gasteiger partial charge in [-0.3, -0.25) is 14.6 Å². The van der Waals surface area contributed by atoms with Gasteiger partial charge < -0.3 is 10.6 Å². The Morgan fingerprint density at radius 2 is 2.10 bits per heavy atom. The summed E-state index contributed by atoms with van der Waals surface area (Å²) in [5.41, 5.74) is 3.84. The highest BCUT2D eigenvalue weighted by molar-refractivity contribution is 6.33. The van der Waals surface area contributed by atoms with Gasteiger partial charge in [-0.25, -0.2) is 9.37 Å². The van der Waals surface area contributed by atoms with E-state index in [0.29, 0.717) is 35.5 Å². The summed E-state index contributed by atoms with van der Waals surface area (Å²) in [6.45, 7) is 2.72. The number of halogens is 2. The molecule has 31 heavy (non-hydrogen) atoms. The van der Waals surface area contributed by atoms with Crippen molar-refractivity contribution in [3.8, 4) is 11.3 Å². The molecule has 1 aliphatic rings. The molecule has 0 unspecified atom stereocenters. The molecule has 0 fully saturated rings. The molecule has 2 N–H and O–H groups in total. The molecule has 1 aliphatic heterocycles. The minimum absolute atomic E-state index is 0.0629. The minimum atomic E-state index is -0.476. The van der Waals surface area contributed by atoms with E-state index in [-0.39, 0.29) is 35.4 Å². The highest BCUT2D eigenvalue weighted by atomic mass is 35.5. The van der Waals surface area contributed by atoms with Crippen molar-refractivity contribution in [3.05, 3.63) is 81.5 Å². The molecule has 0 saturated heterocycles. The molecular weight excluding hydrogens is 419 g/mol. The predicted molar refractivity (Wildman–Crippen MR) is 115 cm³/mol. The lowest BCUT2D eigenvalue weighted by molar-refractivity contribution is -0.120. The van der Waals surface area contributed by atoms with Crippen molar-refractivity contribution in [3.63, 3.8) is 0 Å². The lowest BCUT2D eigenvalue weighted by Gasteiger charge is -2.12. The average Bonchev–Trinajstić information content (AvgIpc) is 3.11. The highest BCUT2D eigenvalue weighted by Gasteiger charge is 2.26. The normalized spacial score (nSPS) is 12.4. The van der Waals surface area contributed by atoms with Gasteiger partial charge in [0.05, 0.1) is 40.5 Å². The van der Waals surface area contributed by atoms with Crippen LogP contribution in [0.1, 0.15) is 39.8 Å². The lowest BCUT2D eigenvalue weighted by Crippen LogP contribution is -2.24. The average molecular weight is 439 g/mol. The number of carbonyl (C=O) groups is 2. The number of likely N-dealkylation sites (N-methyl/N-ethyl adjacent to an activating group) is 1. The maximum absolute atomic E-state index is 14.5. The third-order valence-corrected chi connectivity index (χ3v) is 5.35. The monoisotopic (exact) mass is 438 g/mol. The number of hydrogen-bond donors (Lipinski definition) is 2. The van der Waals surface area contributed by atoms with Crippen LogP contribution in [0.15, 0.2) is 42.6 Å². The van der Waals surface area contributed by atoms with Gasteiger partial charge in [-0.1, -0.05) is 23.7 Å². The molecule has 0 aliphatic carbocycles. The van der Waals surface area contributed by atoms with Crippen molar-refractivity contribution in [2.24, 2.45) is 0 Å². The van der Waals surface area contributed by atoms with E-state index < -0.39 is 5.82 Å². The molecule has 6 nitrogen and oxygen atoms in total. The molecule has 0 saturated carbocycles. The first-order valence-corrected chi connectivity index (χ1v) is 10.3. The molecule has 1 aromatic carbocycles.